The highest BCUT2D eigenvalue weighted by atomic mass is 16.4. The highest BCUT2D eigenvalue weighted by Gasteiger charge is 2.33. The number of carbonyl (C=O) groups is 4. The van der Waals surface area contributed by atoms with Gasteiger partial charge in [0, 0.05) is 0 Å². The molecule has 4 rings (SSSR count). The fourth-order valence-corrected chi connectivity index (χ4v) is 4.73. The van der Waals surface area contributed by atoms with Gasteiger partial charge in [0.15, 0.2) is 0 Å². The molecule has 1 aliphatic rings. The molecule has 1 aliphatic carbocycles. The van der Waals surface area contributed by atoms with Crippen molar-refractivity contribution in [3.05, 3.63) is 89.0 Å². The largest absolute Gasteiger partial charge is 0.478 e. The number of hydrogen-bond acceptors (Lipinski definition) is 4. The smallest absolute Gasteiger partial charge is 0.338 e. The van der Waals surface area contributed by atoms with Crippen LogP contribution in [0.15, 0.2) is 66.7 Å². The van der Waals surface area contributed by atoms with Gasteiger partial charge in [-0.1, -0.05) is 74.5 Å². The first-order valence-corrected chi connectivity index (χ1v) is 12.1. The van der Waals surface area contributed by atoms with Gasteiger partial charge in [-0.2, -0.15) is 0 Å². The first-order valence-electron chi connectivity index (χ1n) is 12.1. The molecule has 0 radical (unpaired) electrons. The number of amides is 3. The number of carboxylic acids is 1. The Balaban J connectivity index is 1.42. The van der Waals surface area contributed by atoms with Gasteiger partial charge in [0.1, 0.15) is 6.04 Å². The van der Waals surface area contributed by atoms with Crippen molar-refractivity contribution in [1.29, 1.82) is 0 Å². The second-order valence-corrected chi connectivity index (χ2v) is 9.41. The van der Waals surface area contributed by atoms with E-state index in [9.17, 15) is 24.3 Å². The number of nitrogens with one attached hydrogen (secondary N) is 3. The molecule has 0 aromatic heterocycles. The lowest BCUT2D eigenvalue weighted by molar-refractivity contribution is -0.129. The monoisotopic (exact) mass is 499 g/mol. The topological polar surface area (TPSA) is 125 Å². The molecule has 37 heavy (non-hydrogen) atoms. The van der Waals surface area contributed by atoms with Crippen molar-refractivity contribution in [2.24, 2.45) is 5.92 Å². The van der Waals surface area contributed by atoms with E-state index in [1.807, 2.05) is 48.5 Å². The van der Waals surface area contributed by atoms with Crippen molar-refractivity contribution >= 4 is 29.4 Å². The number of aromatic carboxylic acids is 1. The molecule has 0 aliphatic heterocycles. The second kappa shape index (κ2) is 10.7. The second-order valence-electron chi connectivity index (χ2n) is 9.41. The van der Waals surface area contributed by atoms with Crippen molar-refractivity contribution in [1.82, 2.24) is 10.6 Å². The molecule has 0 unspecified atom stereocenters. The van der Waals surface area contributed by atoms with Gasteiger partial charge in [0.25, 0.3) is 0 Å². The summed E-state index contributed by atoms with van der Waals surface area (Å²) in [6.07, 6.45) is 0. The van der Waals surface area contributed by atoms with Crippen molar-refractivity contribution < 1.29 is 24.3 Å². The van der Waals surface area contributed by atoms with Gasteiger partial charge in [-0.25, -0.2) is 4.79 Å². The summed E-state index contributed by atoms with van der Waals surface area (Å²) in [6.45, 7) is 4.87. The summed E-state index contributed by atoms with van der Waals surface area (Å²) in [6, 6.07) is 19.3. The van der Waals surface area contributed by atoms with Gasteiger partial charge in [0.2, 0.25) is 17.7 Å². The van der Waals surface area contributed by atoms with Crippen LogP contribution in [0.5, 0.6) is 0 Å². The highest BCUT2D eigenvalue weighted by molar-refractivity contribution is 6.04. The number of carboxylic acid groups (broad SMARTS) is 1. The van der Waals surface area contributed by atoms with Gasteiger partial charge in [-0.15, -0.1) is 0 Å². The molecule has 0 fully saturated rings. The molecule has 1 atom stereocenters. The van der Waals surface area contributed by atoms with E-state index in [0.717, 1.165) is 22.3 Å². The number of carbonyl (C=O) groups excluding carboxylic acids is 3. The normalized spacial score (nSPS) is 12.9. The Morgan fingerprint density at radius 1 is 0.865 bits per heavy atom. The molecule has 0 saturated heterocycles. The maximum absolute atomic E-state index is 13.2. The molecule has 3 aromatic rings. The summed E-state index contributed by atoms with van der Waals surface area (Å²) < 4.78 is 0. The van der Waals surface area contributed by atoms with Crippen LogP contribution in [-0.2, 0) is 14.4 Å². The number of rotatable bonds is 8. The lowest BCUT2D eigenvalue weighted by Gasteiger charge is -2.23. The fraction of sp³-hybridized carbons (Fsp3) is 0.241. The summed E-state index contributed by atoms with van der Waals surface area (Å²) >= 11 is 0. The highest BCUT2D eigenvalue weighted by Crippen LogP contribution is 2.44. The molecule has 0 saturated carbocycles. The van der Waals surface area contributed by atoms with Crippen LogP contribution in [0.2, 0.25) is 0 Å². The molecule has 8 nitrogen and oxygen atoms in total. The van der Waals surface area contributed by atoms with E-state index in [2.05, 4.69) is 16.0 Å². The number of hydrogen-bond donors (Lipinski definition) is 4. The summed E-state index contributed by atoms with van der Waals surface area (Å²) in [5.41, 5.74) is 4.42. The average molecular weight is 500 g/mol. The van der Waals surface area contributed by atoms with Crippen LogP contribution < -0.4 is 16.0 Å². The quantitative estimate of drug-likeness (QED) is 0.376. The van der Waals surface area contributed by atoms with Crippen LogP contribution >= 0.6 is 0 Å². The van der Waals surface area contributed by atoms with Crippen LogP contribution in [0.4, 0.5) is 5.69 Å². The summed E-state index contributed by atoms with van der Waals surface area (Å²) in [5, 5.41) is 17.5. The first-order chi connectivity index (χ1) is 17.7. The third-order valence-corrected chi connectivity index (χ3v) is 6.53. The van der Waals surface area contributed by atoms with Gasteiger partial charge in [0.05, 0.1) is 23.7 Å². The maximum Gasteiger partial charge on any atom is 0.338 e. The van der Waals surface area contributed by atoms with Gasteiger partial charge < -0.3 is 21.1 Å². The summed E-state index contributed by atoms with van der Waals surface area (Å²) in [7, 11) is 0. The standard InChI is InChI=1S/C29H29N3O5/c1-16(2)26(28(35)31-22-14-8-9-17(3)24(22)29(36)37)32-23(33)15-30-27(34)25-20-12-6-4-10-18(20)19-11-5-7-13-21(19)25/h4-14,16,25-26H,15H2,1-3H3,(H,30,34)(H,31,35)(H,32,33)(H,36,37)/t26-/m0/s1. The van der Waals surface area contributed by atoms with Crippen molar-refractivity contribution in [3.8, 4) is 11.1 Å². The molecular weight excluding hydrogens is 470 g/mol. The van der Waals surface area contributed by atoms with Gasteiger partial charge >= 0.3 is 5.97 Å². The van der Waals surface area contributed by atoms with Crippen LogP contribution in [-0.4, -0.2) is 41.4 Å². The Bertz CT molecular complexity index is 1340. The minimum absolute atomic E-state index is 0.00549. The Hall–Kier alpha value is -4.46. The Morgan fingerprint density at radius 3 is 2.03 bits per heavy atom. The number of benzene rings is 3. The summed E-state index contributed by atoms with van der Waals surface area (Å²) in [5.74, 6) is -3.34. The molecular formula is C29H29N3O5. The number of aryl methyl sites for hydroxylation is 1. The van der Waals surface area contributed by atoms with E-state index < -0.39 is 29.7 Å². The molecule has 0 heterocycles. The van der Waals surface area contributed by atoms with E-state index in [1.165, 1.54) is 6.07 Å². The van der Waals surface area contributed by atoms with Crippen LogP contribution in [0.3, 0.4) is 0 Å². The molecule has 3 aromatic carbocycles. The van der Waals surface area contributed by atoms with Crippen LogP contribution in [0.1, 0.15) is 46.8 Å². The Labute approximate surface area is 215 Å². The fourth-order valence-electron chi connectivity index (χ4n) is 4.73. The van der Waals surface area contributed by atoms with Crippen LogP contribution in [0, 0.1) is 12.8 Å². The zero-order valence-corrected chi connectivity index (χ0v) is 20.9. The first kappa shape index (κ1) is 25.6. The summed E-state index contributed by atoms with van der Waals surface area (Å²) in [4.78, 5) is 50.6. The van der Waals surface area contributed by atoms with Crippen molar-refractivity contribution in [2.75, 3.05) is 11.9 Å². The zero-order valence-electron chi connectivity index (χ0n) is 20.9. The minimum atomic E-state index is -1.16. The molecule has 8 heteroatoms. The van der Waals surface area contributed by atoms with E-state index in [1.54, 1.807) is 32.9 Å². The Kier molecular flexibility index (Phi) is 7.38. The van der Waals surface area contributed by atoms with Gasteiger partial charge in [-0.05, 0) is 46.7 Å². The van der Waals surface area contributed by atoms with E-state index in [4.69, 9.17) is 0 Å². The molecule has 4 N–H and O–H groups in total. The predicted octanol–water partition coefficient (Wildman–Crippen LogP) is 3.70. The average Bonchev–Trinajstić information content (AvgIpc) is 3.20. The Morgan fingerprint density at radius 2 is 1.46 bits per heavy atom. The number of fused-ring (bicyclic) bond motifs is 3. The SMILES string of the molecule is Cc1cccc(NC(=O)[C@@H](NC(=O)CNC(=O)C2c3ccccc3-c3ccccc32)C(C)C)c1C(=O)O. The maximum atomic E-state index is 13.2. The zero-order chi connectivity index (χ0) is 26.7. The van der Waals surface area contributed by atoms with Gasteiger partial charge in [-0.3, -0.25) is 14.4 Å². The third kappa shape index (κ3) is 5.23. The lowest BCUT2D eigenvalue weighted by atomic mass is 9.96. The molecule has 3 amide bonds. The van der Waals surface area contributed by atoms with Crippen molar-refractivity contribution in [3.63, 3.8) is 0 Å². The lowest BCUT2D eigenvalue weighted by Crippen LogP contribution is -2.50. The van der Waals surface area contributed by atoms with E-state index in [-0.39, 0.29) is 29.6 Å². The van der Waals surface area contributed by atoms with E-state index >= 15 is 0 Å². The third-order valence-electron chi connectivity index (χ3n) is 6.53. The van der Waals surface area contributed by atoms with E-state index in [0.29, 0.717) is 5.56 Å². The molecule has 190 valence electrons. The molecule has 0 bridgehead atoms. The van der Waals surface area contributed by atoms with Crippen molar-refractivity contribution in [2.45, 2.75) is 32.7 Å². The number of anilines is 1. The predicted molar refractivity (Wildman–Crippen MR) is 140 cm³/mol. The van der Waals surface area contributed by atoms with Crippen LogP contribution in [0.25, 0.3) is 11.1 Å². The minimum Gasteiger partial charge on any atom is -0.478 e. The molecule has 0 spiro atoms.